The van der Waals surface area contributed by atoms with Crippen molar-refractivity contribution in [1.29, 1.82) is 5.26 Å². The van der Waals surface area contributed by atoms with Crippen LogP contribution in [0.2, 0.25) is 0 Å². The summed E-state index contributed by atoms with van der Waals surface area (Å²) in [6.45, 7) is 6.65. The van der Waals surface area contributed by atoms with Crippen LogP contribution in [0.4, 0.5) is 0 Å². The highest BCUT2D eigenvalue weighted by molar-refractivity contribution is 5.45. The van der Waals surface area contributed by atoms with Crippen molar-refractivity contribution in [2.45, 2.75) is 155 Å². The first-order valence-corrected chi connectivity index (χ1v) is 15.0. The van der Waals surface area contributed by atoms with Crippen molar-refractivity contribution in [3.8, 4) is 11.8 Å². The smallest absolute Gasteiger partial charge is 0.137 e. The van der Waals surface area contributed by atoms with Crippen LogP contribution in [0.5, 0.6) is 5.75 Å². The minimum atomic E-state index is -0.133. The third-order valence-corrected chi connectivity index (χ3v) is 6.85. The van der Waals surface area contributed by atoms with Gasteiger partial charge in [-0.25, -0.2) is 0 Å². The van der Waals surface area contributed by atoms with Gasteiger partial charge >= 0.3 is 0 Å². The average molecular weight is 502 g/mol. The SMILES string of the molecule is CCCCCCCCCCCCCCCCCCC[C@H](CO)OCc1ccc(C#N)c(OC(C)C)c1. The predicted molar refractivity (Wildman–Crippen MR) is 151 cm³/mol. The topological polar surface area (TPSA) is 62.5 Å². The van der Waals surface area contributed by atoms with Gasteiger partial charge in [-0.05, 0) is 38.0 Å². The van der Waals surface area contributed by atoms with E-state index in [9.17, 15) is 10.4 Å². The summed E-state index contributed by atoms with van der Waals surface area (Å²) in [7, 11) is 0. The second-order valence-corrected chi connectivity index (χ2v) is 10.7. The number of benzene rings is 1. The maximum Gasteiger partial charge on any atom is 0.137 e. The van der Waals surface area contributed by atoms with Crippen LogP contribution in [0.1, 0.15) is 147 Å². The van der Waals surface area contributed by atoms with E-state index in [2.05, 4.69) is 13.0 Å². The van der Waals surface area contributed by atoms with E-state index in [1.165, 1.54) is 103 Å². The molecule has 0 bridgehead atoms. The first kappa shape index (κ1) is 32.5. The number of aliphatic hydroxyl groups excluding tert-OH is 1. The van der Waals surface area contributed by atoms with Crippen LogP contribution < -0.4 is 4.74 Å². The fourth-order valence-corrected chi connectivity index (χ4v) is 4.64. The highest BCUT2D eigenvalue weighted by Crippen LogP contribution is 2.22. The van der Waals surface area contributed by atoms with Crippen LogP contribution in [0.15, 0.2) is 18.2 Å². The summed E-state index contributed by atoms with van der Waals surface area (Å²) in [6, 6.07) is 7.73. The van der Waals surface area contributed by atoms with Crippen molar-refractivity contribution in [3.05, 3.63) is 29.3 Å². The minimum Gasteiger partial charge on any atom is -0.490 e. The number of hydrogen-bond donors (Lipinski definition) is 1. The zero-order chi connectivity index (χ0) is 26.3. The molecule has 0 fully saturated rings. The Labute approximate surface area is 222 Å². The van der Waals surface area contributed by atoms with E-state index in [1.807, 2.05) is 26.0 Å². The molecule has 1 aromatic rings. The number of nitriles is 1. The Morgan fingerprint density at radius 2 is 1.28 bits per heavy atom. The standard InChI is InChI=1S/C32H55NO3/c1-4-5-6-7-8-9-10-11-12-13-14-15-16-17-18-19-20-21-31(26-34)35-27-29-22-23-30(25-33)32(24-29)36-28(2)3/h22-24,28,31,34H,4-21,26-27H2,1-3H3/t31-/m1/s1. The van der Waals surface area contributed by atoms with Gasteiger partial charge in [0.2, 0.25) is 0 Å². The molecule has 0 aromatic heterocycles. The quantitative estimate of drug-likeness (QED) is 0.143. The lowest BCUT2D eigenvalue weighted by Crippen LogP contribution is -2.17. The van der Waals surface area contributed by atoms with Crippen LogP contribution in [-0.2, 0) is 11.3 Å². The summed E-state index contributed by atoms with van der Waals surface area (Å²) < 4.78 is 11.7. The van der Waals surface area contributed by atoms with Crippen LogP contribution in [0.25, 0.3) is 0 Å². The van der Waals surface area contributed by atoms with E-state index in [-0.39, 0.29) is 18.8 Å². The molecular formula is C32H55NO3. The number of unbranched alkanes of at least 4 members (excludes halogenated alkanes) is 16. The van der Waals surface area contributed by atoms with E-state index in [0.29, 0.717) is 17.9 Å². The lowest BCUT2D eigenvalue weighted by atomic mass is 10.0. The molecule has 1 aromatic carbocycles. The molecule has 0 spiro atoms. The Morgan fingerprint density at radius 1 is 0.778 bits per heavy atom. The Kier molecular flexibility index (Phi) is 20.4. The van der Waals surface area contributed by atoms with Gasteiger partial charge in [-0.2, -0.15) is 5.26 Å². The molecule has 1 rings (SSSR count). The van der Waals surface area contributed by atoms with Gasteiger partial charge in [-0.3, -0.25) is 0 Å². The second kappa shape index (κ2) is 22.6. The van der Waals surface area contributed by atoms with Gasteiger partial charge in [0.1, 0.15) is 11.8 Å². The molecule has 206 valence electrons. The number of aliphatic hydroxyl groups is 1. The fraction of sp³-hybridized carbons (Fsp3) is 0.781. The van der Waals surface area contributed by atoms with E-state index in [4.69, 9.17) is 9.47 Å². The van der Waals surface area contributed by atoms with Crippen molar-refractivity contribution in [3.63, 3.8) is 0 Å². The molecule has 4 nitrogen and oxygen atoms in total. The van der Waals surface area contributed by atoms with Gasteiger partial charge in [0.05, 0.1) is 31.0 Å². The van der Waals surface area contributed by atoms with Crippen LogP contribution in [-0.4, -0.2) is 23.9 Å². The molecule has 0 saturated carbocycles. The molecule has 0 aliphatic carbocycles. The first-order chi connectivity index (χ1) is 17.6. The Hall–Kier alpha value is -1.57. The number of rotatable bonds is 24. The van der Waals surface area contributed by atoms with Gasteiger partial charge in [-0.15, -0.1) is 0 Å². The van der Waals surface area contributed by atoms with Crippen molar-refractivity contribution in [2.24, 2.45) is 0 Å². The molecule has 0 aliphatic rings. The lowest BCUT2D eigenvalue weighted by Gasteiger charge is -2.17. The molecule has 4 heteroatoms. The van der Waals surface area contributed by atoms with E-state index < -0.39 is 0 Å². The number of ether oxygens (including phenoxy) is 2. The van der Waals surface area contributed by atoms with Crippen molar-refractivity contribution >= 4 is 0 Å². The zero-order valence-electron chi connectivity index (χ0n) is 23.7. The molecular weight excluding hydrogens is 446 g/mol. The van der Waals surface area contributed by atoms with Gasteiger partial charge in [-0.1, -0.05) is 122 Å². The van der Waals surface area contributed by atoms with Crippen molar-refractivity contribution in [1.82, 2.24) is 0 Å². The highest BCUT2D eigenvalue weighted by atomic mass is 16.5. The maximum atomic E-state index is 9.70. The number of hydrogen-bond acceptors (Lipinski definition) is 4. The van der Waals surface area contributed by atoms with Crippen molar-refractivity contribution in [2.75, 3.05) is 6.61 Å². The summed E-state index contributed by atoms with van der Waals surface area (Å²) in [5, 5.41) is 19.0. The van der Waals surface area contributed by atoms with E-state index >= 15 is 0 Å². The van der Waals surface area contributed by atoms with Gasteiger partial charge < -0.3 is 14.6 Å². The third-order valence-electron chi connectivity index (χ3n) is 6.85. The molecule has 0 heterocycles. The van der Waals surface area contributed by atoms with E-state index in [1.54, 1.807) is 6.07 Å². The molecule has 1 N–H and O–H groups in total. The fourth-order valence-electron chi connectivity index (χ4n) is 4.64. The predicted octanol–water partition coefficient (Wildman–Crippen LogP) is 9.26. The molecule has 0 amide bonds. The molecule has 0 radical (unpaired) electrons. The average Bonchev–Trinajstić information content (AvgIpc) is 2.87. The Balaban J connectivity index is 2.01. The van der Waals surface area contributed by atoms with Crippen LogP contribution in [0.3, 0.4) is 0 Å². The summed E-state index contributed by atoms with van der Waals surface area (Å²) in [5.74, 6) is 0.599. The molecule has 36 heavy (non-hydrogen) atoms. The molecule has 0 saturated heterocycles. The molecule has 0 unspecified atom stereocenters. The lowest BCUT2D eigenvalue weighted by molar-refractivity contribution is -0.00356. The van der Waals surface area contributed by atoms with Crippen LogP contribution >= 0.6 is 0 Å². The number of nitrogens with zero attached hydrogens (tertiary/aromatic N) is 1. The zero-order valence-corrected chi connectivity index (χ0v) is 23.7. The monoisotopic (exact) mass is 501 g/mol. The van der Waals surface area contributed by atoms with Gasteiger partial charge in [0.15, 0.2) is 0 Å². The molecule has 0 aliphatic heterocycles. The summed E-state index contributed by atoms with van der Waals surface area (Å²) in [4.78, 5) is 0. The largest absolute Gasteiger partial charge is 0.490 e. The molecule has 1 atom stereocenters. The summed E-state index contributed by atoms with van der Waals surface area (Å²) in [5.41, 5.74) is 1.50. The summed E-state index contributed by atoms with van der Waals surface area (Å²) in [6.07, 6.45) is 24.0. The Bertz CT molecular complexity index is 682. The Morgan fingerprint density at radius 3 is 1.72 bits per heavy atom. The van der Waals surface area contributed by atoms with Crippen LogP contribution in [0, 0.1) is 11.3 Å². The second-order valence-electron chi connectivity index (χ2n) is 10.7. The normalized spacial score (nSPS) is 12.1. The third kappa shape index (κ3) is 17.0. The van der Waals surface area contributed by atoms with Gasteiger partial charge in [0, 0.05) is 0 Å². The first-order valence-electron chi connectivity index (χ1n) is 15.0. The maximum absolute atomic E-state index is 9.70. The summed E-state index contributed by atoms with van der Waals surface area (Å²) >= 11 is 0. The van der Waals surface area contributed by atoms with Gasteiger partial charge in [0.25, 0.3) is 0 Å². The minimum absolute atomic E-state index is 0.0122. The highest BCUT2D eigenvalue weighted by Gasteiger charge is 2.11. The van der Waals surface area contributed by atoms with E-state index in [0.717, 1.165) is 18.4 Å². The van der Waals surface area contributed by atoms with Crippen molar-refractivity contribution < 1.29 is 14.6 Å².